The van der Waals surface area contributed by atoms with Crippen LogP contribution < -0.4 is 10.6 Å². The third kappa shape index (κ3) is 2.67. The normalized spacial score (nSPS) is 24.3. The number of hydrogen-bond donors (Lipinski definition) is 1. The van der Waals surface area contributed by atoms with Crippen LogP contribution in [0.5, 0.6) is 0 Å². The molecule has 0 aromatic heterocycles. The first-order chi connectivity index (χ1) is 9.15. The molecule has 0 radical (unpaired) electrons. The second-order valence-corrected chi connectivity index (χ2v) is 6.62. The van der Waals surface area contributed by atoms with Crippen molar-refractivity contribution in [3.8, 4) is 0 Å². The molecule has 1 aromatic rings. The maximum atomic E-state index is 13.8. The van der Waals surface area contributed by atoms with Gasteiger partial charge in [-0.15, -0.1) is 0 Å². The maximum absolute atomic E-state index is 13.8. The molecule has 3 rings (SSSR count). The molecule has 2 saturated heterocycles. The van der Waals surface area contributed by atoms with Crippen LogP contribution in [0.4, 0.5) is 15.8 Å². The van der Waals surface area contributed by atoms with Crippen molar-refractivity contribution in [2.45, 2.75) is 25.3 Å². The molecule has 0 bridgehead atoms. The van der Waals surface area contributed by atoms with Crippen molar-refractivity contribution in [1.29, 1.82) is 0 Å². The molecule has 0 amide bonds. The summed E-state index contributed by atoms with van der Waals surface area (Å²) in [6, 6.07) is 3.95. The van der Waals surface area contributed by atoms with Gasteiger partial charge < -0.3 is 10.6 Å². The summed E-state index contributed by atoms with van der Waals surface area (Å²) in [4.78, 5) is 4.84. The van der Waals surface area contributed by atoms with Gasteiger partial charge in [-0.3, -0.25) is 4.90 Å². The Morgan fingerprint density at radius 3 is 2.84 bits per heavy atom. The third-order valence-electron chi connectivity index (χ3n) is 4.21. The van der Waals surface area contributed by atoms with Crippen LogP contribution in [0.2, 0.25) is 0 Å². The van der Waals surface area contributed by atoms with Gasteiger partial charge in [0.05, 0.1) is 14.9 Å². The van der Waals surface area contributed by atoms with Crippen molar-refractivity contribution in [3.05, 3.63) is 21.5 Å². The van der Waals surface area contributed by atoms with E-state index in [-0.39, 0.29) is 5.82 Å². The molecule has 2 fully saturated rings. The Balaban J connectivity index is 1.86. The van der Waals surface area contributed by atoms with E-state index in [2.05, 4.69) is 9.80 Å². The van der Waals surface area contributed by atoms with Gasteiger partial charge in [0, 0.05) is 31.7 Å². The first-order valence-corrected chi connectivity index (χ1v) is 7.96. The maximum Gasteiger partial charge on any atom is 0.138 e. The van der Waals surface area contributed by atoms with E-state index in [1.807, 2.05) is 22.6 Å². The van der Waals surface area contributed by atoms with Gasteiger partial charge in [0.1, 0.15) is 5.82 Å². The fraction of sp³-hybridized carbons (Fsp3) is 0.571. The lowest BCUT2D eigenvalue weighted by molar-refractivity contribution is 0.273. The predicted molar refractivity (Wildman–Crippen MR) is 85.0 cm³/mol. The Hall–Kier alpha value is -0.560. The first-order valence-electron chi connectivity index (χ1n) is 6.88. The first kappa shape index (κ1) is 13.4. The molecule has 2 N–H and O–H groups in total. The topological polar surface area (TPSA) is 32.5 Å². The predicted octanol–water partition coefficient (Wildman–Crippen LogP) is 2.69. The molecule has 0 aliphatic carbocycles. The highest BCUT2D eigenvalue weighted by atomic mass is 127. The van der Waals surface area contributed by atoms with Crippen LogP contribution in [0, 0.1) is 9.39 Å². The minimum atomic E-state index is -0.169. The van der Waals surface area contributed by atoms with Crippen LogP contribution >= 0.6 is 22.6 Å². The minimum Gasteiger partial charge on any atom is -0.397 e. The Morgan fingerprint density at radius 2 is 2.00 bits per heavy atom. The van der Waals surface area contributed by atoms with Gasteiger partial charge in [0.2, 0.25) is 0 Å². The molecule has 2 aliphatic heterocycles. The Labute approximate surface area is 127 Å². The molecular formula is C14H19FIN3. The molecule has 0 saturated carbocycles. The van der Waals surface area contributed by atoms with Gasteiger partial charge in [0.15, 0.2) is 0 Å². The summed E-state index contributed by atoms with van der Waals surface area (Å²) in [6.45, 7) is 4.32. The Morgan fingerprint density at radius 1 is 1.21 bits per heavy atom. The highest BCUT2D eigenvalue weighted by Gasteiger charge is 2.29. The summed E-state index contributed by atoms with van der Waals surface area (Å²) in [7, 11) is 0. The Kier molecular flexibility index (Phi) is 3.84. The second-order valence-electron chi connectivity index (χ2n) is 5.46. The molecule has 5 heteroatoms. The zero-order chi connectivity index (χ0) is 13.4. The average Bonchev–Trinajstić information content (AvgIpc) is 2.71. The largest absolute Gasteiger partial charge is 0.397 e. The van der Waals surface area contributed by atoms with Crippen LogP contribution in [0.1, 0.15) is 19.3 Å². The van der Waals surface area contributed by atoms with E-state index in [1.54, 1.807) is 12.1 Å². The summed E-state index contributed by atoms with van der Waals surface area (Å²) >= 11 is 1.99. The van der Waals surface area contributed by atoms with Gasteiger partial charge in [-0.25, -0.2) is 4.39 Å². The van der Waals surface area contributed by atoms with Crippen molar-refractivity contribution in [3.63, 3.8) is 0 Å². The number of nitrogens with two attached hydrogens (primary N) is 1. The molecule has 2 aliphatic rings. The van der Waals surface area contributed by atoms with Crippen molar-refractivity contribution in [2.24, 2.45) is 0 Å². The van der Waals surface area contributed by atoms with Crippen LogP contribution in [0.15, 0.2) is 12.1 Å². The van der Waals surface area contributed by atoms with Gasteiger partial charge in [0.25, 0.3) is 0 Å². The molecule has 19 heavy (non-hydrogen) atoms. The summed E-state index contributed by atoms with van der Waals surface area (Å²) in [5.41, 5.74) is 7.64. The lowest BCUT2D eigenvalue weighted by Gasteiger charge is -2.28. The number of nitrogens with zero attached hydrogens (tertiary/aromatic N) is 2. The van der Waals surface area contributed by atoms with E-state index in [0.29, 0.717) is 15.3 Å². The second kappa shape index (κ2) is 5.44. The van der Waals surface area contributed by atoms with Gasteiger partial charge >= 0.3 is 0 Å². The molecule has 1 atom stereocenters. The number of hydrogen-bond acceptors (Lipinski definition) is 3. The van der Waals surface area contributed by atoms with E-state index in [9.17, 15) is 4.39 Å². The summed E-state index contributed by atoms with van der Waals surface area (Å²) in [5, 5.41) is 0. The molecule has 1 unspecified atom stereocenters. The van der Waals surface area contributed by atoms with Crippen molar-refractivity contribution in [1.82, 2.24) is 4.90 Å². The van der Waals surface area contributed by atoms with Crippen LogP contribution in [0.3, 0.4) is 0 Å². The Bertz CT molecular complexity index is 480. The quantitative estimate of drug-likeness (QED) is 0.605. The molecule has 0 spiro atoms. The van der Waals surface area contributed by atoms with E-state index in [1.165, 1.54) is 19.4 Å². The van der Waals surface area contributed by atoms with Crippen LogP contribution in [-0.2, 0) is 0 Å². The molecule has 1 aromatic carbocycles. The van der Waals surface area contributed by atoms with Crippen LogP contribution in [0.25, 0.3) is 0 Å². The summed E-state index contributed by atoms with van der Waals surface area (Å²) in [6.07, 6.45) is 3.67. The van der Waals surface area contributed by atoms with Gasteiger partial charge in [-0.1, -0.05) is 0 Å². The molecule has 104 valence electrons. The molecular weight excluding hydrogens is 356 g/mol. The van der Waals surface area contributed by atoms with E-state index < -0.39 is 0 Å². The highest BCUT2D eigenvalue weighted by Crippen LogP contribution is 2.31. The van der Waals surface area contributed by atoms with E-state index >= 15 is 0 Å². The molecule has 3 nitrogen and oxygen atoms in total. The number of nitrogen functional groups attached to an aromatic ring is 1. The minimum absolute atomic E-state index is 0.169. The number of benzene rings is 1. The zero-order valence-electron chi connectivity index (χ0n) is 10.9. The van der Waals surface area contributed by atoms with Crippen molar-refractivity contribution >= 4 is 34.0 Å². The fourth-order valence-electron chi connectivity index (χ4n) is 3.25. The standard InChI is InChI=1S/C14H19FIN3/c15-11-7-14(13(17)8-12(11)16)19-6-2-5-18-4-1-3-10(18)9-19/h7-8,10H,1-6,9,17H2. The van der Waals surface area contributed by atoms with E-state index in [0.717, 1.165) is 31.7 Å². The number of halogens is 2. The van der Waals surface area contributed by atoms with Gasteiger partial charge in [-0.05, 0) is 54.5 Å². The summed E-state index contributed by atoms with van der Waals surface area (Å²) in [5.74, 6) is -0.169. The van der Waals surface area contributed by atoms with E-state index in [4.69, 9.17) is 5.73 Å². The third-order valence-corrected chi connectivity index (χ3v) is 5.04. The lowest BCUT2D eigenvalue weighted by atomic mass is 10.2. The smallest absolute Gasteiger partial charge is 0.138 e. The van der Waals surface area contributed by atoms with Crippen LogP contribution in [-0.4, -0.2) is 37.1 Å². The lowest BCUT2D eigenvalue weighted by Crippen LogP contribution is -2.36. The van der Waals surface area contributed by atoms with Gasteiger partial charge in [-0.2, -0.15) is 0 Å². The monoisotopic (exact) mass is 375 g/mol. The number of anilines is 2. The summed E-state index contributed by atoms with van der Waals surface area (Å²) < 4.78 is 14.4. The fourth-order valence-corrected chi connectivity index (χ4v) is 3.74. The zero-order valence-corrected chi connectivity index (χ0v) is 13.1. The van der Waals surface area contributed by atoms with Crippen molar-refractivity contribution < 1.29 is 4.39 Å². The SMILES string of the molecule is Nc1cc(I)c(F)cc1N1CCCN2CCCC2C1. The highest BCUT2D eigenvalue weighted by molar-refractivity contribution is 14.1. The number of rotatable bonds is 1. The van der Waals surface area contributed by atoms with Crippen molar-refractivity contribution in [2.75, 3.05) is 36.8 Å². The molecule has 2 heterocycles. The average molecular weight is 375 g/mol. The number of fused-ring (bicyclic) bond motifs is 1.